The van der Waals surface area contributed by atoms with Gasteiger partial charge in [0.15, 0.2) is 11.5 Å². The van der Waals surface area contributed by atoms with Gasteiger partial charge in [0.1, 0.15) is 19.8 Å². The number of amides is 2. The summed E-state index contributed by atoms with van der Waals surface area (Å²) in [5.41, 5.74) is 1.35. The molecule has 0 aromatic heterocycles. The van der Waals surface area contributed by atoms with Crippen LogP contribution in [-0.2, 0) is 4.79 Å². The van der Waals surface area contributed by atoms with Crippen LogP contribution in [0.3, 0.4) is 0 Å². The third-order valence-electron chi connectivity index (χ3n) is 2.54. The van der Waals surface area contributed by atoms with Crippen LogP contribution < -0.4 is 20.1 Å². The van der Waals surface area contributed by atoms with Gasteiger partial charge in [0.05, 0.1) is 0 Å². The highest BCUT2D eigenvalue weighted by Crippen LogP contribution is 2.35. The highest BCUT2D eigenvalue weighted by atomic mass is 16.6. The summed E-state index contributed by atoms with van der Waals surface area (Å²) in [5, 5.41) is 13.2. The smallest absolute Gasteiger partial charge is 0.323 e. The Labute approximate surface area is 109 Å². The van der Waals surface area contributed by atoms with Gasteiger partial charge in [0.25, 0.3) is 0 Å². The van der Waals surface area contributed by atoms with Crippen LogP contribution in [0.1, 0.15) is 5.56 Å². The maximum absolute atomic E-state index is 11.5. The molecule has 0 bridgehead atoms. The maximum atomic E-state index is 11.5. The van der Waals surface area contributed by atoms with Gasteiger partial charge in [-0.1, -0.05) is 0 Å². The van der Waals surface area contributed by atoms with Gasteiger partial charge in [0.2, 0.25) is 0 Å². The quantitative estimate of drug-likeness (QED) is 0.757. The van der Waals surface area contributed by atoms with Crippen LogP contribution >= 0.6 is 0 Å². The first-order valence-electron chi connectivity index (χ1n) is 5.73. The summed E-state index contributed by atoms with van der Waals surface area (Å²) in [5.74, 6) is 0.0969. The Balaban J connectivity index is 2.07. The van der Waals surface area contributed by atoms with Crippen molar-refractivity contribution in [2.75, 3.05) is 25.1 Å². The number of benzene rings is 1. The molecular weight excluding hydrogens is 252 g/mol. The highest BCUT2D eigenvalue weighted by Gasteiger charge is 2.15. The molecule has 2 amide bonds. The second-order valence-electron chi connectivity index (χ2n) is 4.01. The van der Waals surface area contributed by atoms with Gasteiger partial charge >= 0.3 is 12.0 Å². The zero-order chi connectivity index (χ0) is 13.8. The van der Waals surface area contributed by atoms with Crippen LogP contribution in [0, 0.1) is 6.92 Å². The maximum Gasteiger partial charge on any atom is 0.323 e. The van der Waals surface area contributed by atoms with Gasteiger partial charge in [-0.25, -0.2) is 4.79 Å². The molecule has 1 aliphatic heterocycles. The summed E-state index contributed by atoms with van der Waals surface area (Å²) in [6.07, 6.45) is 0. The third-order valence-corrected chi connectivity index (χ3v) is 2.54. The molecule has 0 fully saturated rings. The summed E-state index contributed by atoms with van der Waals surface area (Å²) >= 11 is 0. The van der Waals surface area contributed by atoms with E-state index in [0.717, 1.165) is 5.56 Å². The van der Waals surface area contributed by atoms with Crippen LogP contribution in [0.5, 0.6) is 11.5 Å². The summed E-state index contributed by atoms with van der Waals surface area (Å²) in [6, 6.07) is 2.84. The van der Waals surface area contributed by atoms with Crippen molar-refractivity contribution in [3.63, 3.8) is 0 Å². The second kappa shape index (κ2) is 5.47. The van der Waals surface area contributed by atoms with Gasteiger partial charge in [-0.2, -0.15) is 0 Å². The van der Waals surface area contributed by atoms with E-state index in [4.69, 9.17) is 14.6 Å². The minimum Gasteiger partial charge on any atom is -0.486 e. The lowest BCUT2D eigenvalue weighted by Crippen LogP contribution is -2.33. The highest BCUT2D eigenvalue weighted by molar-refractivity contribution is 5.92. The largest absolute Gasteiger partial charge is 0.486 e. The molecular formula is C12H14N2O5. The molecule has 102 valence electrons. The summed E-state index contributed by atoms with van der Waals surface area (Å²) < 4.78 is 10.8. The number of carboxylic acid groups (broad SMARTS) is 1. The van der Waals surface area contributed by atoms with Gasteiger partial charge < -0.3 is 25.2 Å². The van der Waals surface area contributed by atoms with Crippen molar-refractivity contribution < 1.29 is 24.2 Å². The monoisotopic (exact) mass is 266 g/mol. The number of aliphatic carboxylic acids is 1. The number of urea groups is 1. The normalized spacial score (nSPS) is 12.7. The fourth-order valence-electron chi connectivity index (χ4n) is 1.65. The zero-order valence-electron chi connectivity index (χ0n) is 10.4. The van der Waals surface area contributed by atoms with E-state index in [0.29, 0.717) is 30.4 Å². The Morgan fingerprint density at radius 2 is 1.89 bits per heavy atom. The molecule has 0 saturated heterocycles. The van der Waals surface area contributed by atoms with Gasteiger partial charge in [-0.05, 0) is 18.6 Å². The summed E-state index contributed by atoms with van der Waals surface area (Å²) in [4.78, 5) is 21.8. The lowest BCUT2D eigenvalue weighted by Gasteiger charge is -2.20. The average Bonchev–Trinajstić information content (AvgIpc) is 2.37. The van der Waals surface area contributed by atoms with Crippen molar-refractivity contribution >= 4 is 17.7 Å². The number of carboxylic acids is 1. The van der Waals surface area contributed by atoms with Gasteiger partial charge in [-0.3, -0.25) is 4.79 Å². The van der Waals surface area contributed by atoms with E-state index in [1.165, 1.54) is 0 Å². The van der Waals surface area contributed by atoms with E-state index in [2.05, 4.69) is 10.6 Å². The van der Waals surface area contributed by atoms with Crippen LogP contribution in [0.15, 0.2) is 12.1 Å². The molecule has 1 heterocycles. The predicted octanol–water partition coefficient (Wildman–Crippen LogP) is 0.972. The molecule has 0 unspecified atom stereocenters. The molecule has 19 heavy (non-hydrogen) atoms. The van der Waals surface area contributed by atoms with Crippen LogP contribution in [0.4, 0.5) is 10.5 Å². The molecule has 7 heteroatoms. The molecule has 0 atom stereocenters. The van der Waals surface area contributed by atoms with E-state index in [1.54, 1.807) is 12.1 Å². The van der Waals surface area contributed by atoms with Crippen molar-refractivity contribution in [1.29, 1.82) is 0 Å². The van der Waals surface area contributed by atoms with Crippen LogP contribution in [0.2, 0.25) is 0 Å². The Bertz CT molecular complexity index is 515. The van der Waals surface area contributed by atoms with E-state index in [1.807, 2.05) is 6.92 Å². The van der Waals surface area contributed by atoms with Crippen molar-refractivity contribution in [3.05, 3.63) is 17.7 Å². The number of rotatable bonds is 3. The number of hydrogen-bond acceptors (Lipinski definition) is 4. The molecule has 1 aliphatic rings. The fraction of sp³-hybridized carbons (Fsp3) is 0.333. The predicted molar refractivity (Wildman–Crippen MR) is 66.8 cm³/mol. The van der Waals surface area contributed by atoms with E-state index >= 15 is 0 Å². The average molecular weight is 266 g/mol. The Morgan fingerprint density at radius 3 is 2.53 bits per heavy atom. The molecule has 3 N–H and O–H groups in total. The third kappa shape index (κ3) is 3.27. The SMILES string of the molecule is Cc1cc2c(cc1NC(=O)NCC(=O)O)OCCO2. The number of carbonyl (C=O) groups excluding carboxylic acids is 1. The number of carbonyl (C=O) groups is 2. The lowest BCUT2D eigenvalue weighted by molar-refractivity contribution is -0.135. The number of nitrogens with one attached hydrogen (secondary N) is 2. The summed E-state index contributed by atoms with van der Waals surface area (Å²) in [6.45, 7) is 2.33. The molecule has 0 aliphatic carbocycles. The Morgan fingerprint density at radius 1 is 1.26 bits per heavy atom. The molecule has 1 aromatic rings. The molecule has 0 spiro atoms. The van der Waals surface area contributed by atoms with Crippen molar-refractivity contribution in [1.82, 2.24) is 5.32 Å². The molecule has 0 saturated carbocycles. The number of hydrogen-bond donors (Lipinski definition) is 3. The van der Waals surface area contributed by atoms with E-state index in [9.17, 15) is 9.59 Å². The topological polar surface area (TPSA) is 96.9 Å². The fourth-order valence-corrected chi connectivity index (χ4v) is 1.65. The minimum absolute atomic E-state index is 0.435. The molecule has 0 radical (unpaired) electrons. The second-order valence-corrected chi connectivity index (χ2v) is 4.01. The van der Waals surface area contributed by atoms with Crippen molar-refractivity contribution in [2.45, 2.75) is 6.92 Å². The summed E-state index contributed by atoms with van der Waals surface area (Å²) in [7, 11) is 0. The first-order valence-corrected chi connectivity index (χ1v) is 5.73. The van der Waals surface area contributed by atoms with Gasteiger partial charge in [-0.15, -0.1) is 0 Å². The van der Waals surface area contributed by atoms with Gasteiger partial charge in [0, 0.05) is 11.8 Å². The Hall–Kier alpha value is -2.44. The van der Waals surface area contributed by atoms with Crippen LogP contribution in [-0.4, -0.2) is 36.9 Å². The number of fused-ring (bicyclic) bond motifs is 1. The number of anilines is 1. The zero-order valence-corrected chi connectivity index (χ0v) is 10.4. The van der Waals surface area contributed by atoms with E-state index in [-0.39, 0.29) is 0 Å². The molecule has 1 aromatic carbocycles. The Kier molecular flexibility index (Phi) is 3.74. The first kappa shape index (κ1) is 13.0. The standard InChI is InChI=1S/C12H14N2O5/c1-7-4-9-10(19-3-2-18-9)5-8(7)14-12(17)13-6-11(15)16/h4-5H,2-3,6H2,1H3,(H,15,16)(H2,13,14,17). The minimum atomic E-state index is -1.10. The van der Waals surface area contributed by atoms with Crippen LogP contribution in [0.25, 0.3) is 0 Å². The number of ether oxygens (including phenoxy) is 2. The first-order chi connectivity index (χ1) is 9.06. The number of aryl methyl sites for hydroxylation is 1. The van der Waals surface area contributed by atoms with Crippen molar-refractivity contribution in [2.24, 2.45) is 0 Å². The van der Waals surface area contributed by atoms with Crippen molar-refractivity contribution in [3.8, 4) is 11.5 Å². The molecule has 2 rings (SSSR count). The molecule has 7 nitrogen and oxygen atoms in total. The van der Waals surface area contributed by atoms with E-state index < -0.39 is 18.5 Å². The lowest BCUT2D eigenvalue weighted by atomic mass is 10.1.